The highest BCUT2D eigenvalue weighted by Crippen LogP contribution is 2.13. The molecule has 0 aromatic carbocycles. The molecule has 0 amide bonds. The fourth-order valence-corrected chi connectivity index (χ4v) is 1.47. The van der Waals surface area contributed by atoms with Gasteiger partial charge in [-0.05, 0) is 7.05 Å². The van der Waals surface area contributed by atoms with Gasteiger partial charge in [0.2, 0.25) is 0 Å². The monoisotopic (exact) mass is 171 g/mol. The van der Waals surface area contributed by atoms with Gasteiger partial charge in [0.05, 0.1) is 19.6 Å². The summed E-state index contributed by atoms with van der Waals surface area (Å²) in [5.74, 6) is -0.435. The van der Waals surface area contributed by atoms with Gasteiger partial charge < -0.3 is 4.74 Å². The SMILES string of the molecule is COC(=O)C1CC(=O)CN(C)C1. The molecule has 68 valence electrons. The molecule has 4 heteroatoms. The zero-order chi connectivity index (χ0) is 9.14. The van der Waals surface area contributed by atoms with Crippen LogP contribution in [0.5, 0.6) is 0 Å². The number of hydrogen-bond acceptors (Lipinski definition) is 4. The van der Waals surface area contributed by atoms with E-state index in [1.54, 1.807) is 0 Å². The average molecular weight is 171 g/mol. The number of nitrogens with zero attached hydrogens (tertiary/aromatic N) is 1. The molecule has 0 spiro atoms. The Labute approximate surface area is 71.5 Å². The van der Waals surface area contributed by atoms with Gasteiger partial charge in [0.1, 0.15) is 5.78 Å². The Kier molecular flexibility index (Phi) is 2.81. The number of piperidine rings is 1. The number of carbonyl (C=O) groups excluding carboxylic acids is 2. The van der Waals surface area contributed by atoms with E-state index in [4.69, 9.17) is 0 Å². The quantitative estimate of drug-likeness (QED) is 0.507. The maximum Gasteiger partial charge on any atom is 0.310 e. The summed E-state index contributed by atoms with van der Waals surface area (Å²) in [5, 5.41) is 0. The number of likely N-dealkylation sites (N-methyl/N-ethyl adjacent to an activating group) is 1. The lowest BCUT2D eigenvalue weighted by Gasteiger charge is -2.26. The molecular formula is C8H13NO3. The molecule has 1 aliphatic heterocycles. The first-order chi connectivity index (χ1) is 5.63. The van der Waals surface area contributed by atoms with Crippen LogP contribution < -0.4 is 0 Å². The molecule has 4 nitrogen and oxygen atoms in total. The first-order valence-electron chi connectivity index (χ1n) is 3.91. The normalized spacial score (nSPS) is 25.5. The van der Waals surface area contributed by atoms with Crippen molar-refractivity contribution in [2.24, 2.45) is 5.92 Å². The van der Waals surface area contributed by atoms with E-state index in [9.17, 15) is 9.59 Å². The highest BCUT2D eigenvalue weighted by Gasteiger charge is 2.28. The van der Waals surface area contributed by atoms with Crippen molar-refractivity contribution in [2.45, 2.75) is 6.42 Å². The second kappa shape index (κ2) is 3.67. The minimum absolute atomic E-state index is 0.110. The molecule has 0 radical (unpaired) electrons. The van der Waals surface area contributed by atoms with Gasteiger partial charge in [0, 0.05) is 13.0 Å². The van der Waals surface area contributed by atoms with Crippen LogP contribution in [0.25, 0.3) is 0 Å². The van der Waals surface area contributed by atoms with Crippen LogP contribution in [0.1, 0.15) is 6.42 Å². The predicted octanol–water partition coefficient (Wildman–Crippen LogP) is -0.320. The van der Waals surface area contributed by atoms with E-state index in [1.165, 1.54) is 7.11 Å². The second-order valence-electron chi connectivity index (χ2n) is 3.16. The van der Waals surface area contributed by atoms with Crippen molar-refractivity contribution in [3.8, 4) is 0 Å². The Morgan fingerprint density at radius 3 is 2.83 bits per heavy atom. The van der Waals surface area contributed by atoms with E-state index in [0.29, 0.717) is 19.5 Å². The molecule has 0 bridgehead atoms. The summed E-state index contributed by atoms with van der Waals surface area (Å²) in [5.41, 5.74) is 0. The Hall–Kier alpha value is -0.900. The lowest BCUT2D eigenvalue weighted by atomic mass is 9.98. The number of ether oxygens (including phenoxy) is 1. The number of esters is 1. The third-order valence-electron chi connectivity index (χ3n) is 1.99. The lowest BCUT2D eigenvalue weighted by Crippen LogP contribution is -2.41. The van der Waals surface area contributed by atoms with E-state index < -0.39 is 0 Å². The summed E-state index contributed by atoms with van der Waals surface area (Å²) < 4.78 is 4.57. The van der Waals surface area contributed by atoms with E-state index in [-0.39, 0.29) is 17.7 Å². The number of Topliss-reactive ketones (excluding diaryl/α,β-unsaturated/α-hetero) is 1. The first kappa shape index (κ1) is 9.19. The Morgan fingerprint density at radius 1 is 1.67 bits per heavy atom. The number of ketones is 1. The van der Waals surface area contributed by atoms with Gasteiger partial charge in [-0.15, -0.1) is 0 Å². The standard InChI is InChI=1S/C8H13NO3/c1-9-4-6(8(11)12-2)3-7(10)5-9/h6H,3-5H2,1-2H3. The summed E-state index contributed by atoms with van der Waals surface area (Å²) in [6.45, 7) is 1.08. The summed E-state index contributed by atoms with van der Waals surface area (Å²) >= 11 is 0. The smallest absolute Gasteiger partial charge is 0.310 e. The fourth-order valence-electron chi connectivity index (χ4n) is 1.47. The number of hydrogen-bond donors (Lipinski definition) is 0. The summed E-state index contributed by atoms with van der Waals surface area (Å²) in [6, 6.07) is 0. The topological polar surface area (TPSA) is 46.6 Å². The van der Waals surface area contributed by atoms with E-state index >= 15 is 0 Å². The third-order valence-corrected chi connectivity index (χ3v) is 1.99. The molecular weight excluding hydrogens is 158 g/mol. The summed E-state index contributed by atoms with van der Waals surface area (Å²) in [4.78, 5) is 24.0. The van der Waals surface area contributed by atoms with Crippen LogP contribution in [0.3, 0.4) is 0 Å². The van der Waals surface area contributed by atoms with Crippen molar-refractivity contribution in [1.82, 2.24) is 4.90 Å². The zero-order valence-corrected chi connectivity index (χ0v) is 7.37. The molecule has 0 aliphatic carbocycles. The van der Waals surface area contributed by atoms with Crippen LogP contribution in [-0.2, 0) is 14.3 Å². The lowest BCUT2D eigenvalue weighted by molar-refractivity contribution is -0.149. The molecule has 0 aromatic rings. The van der Waals surface area contributed by atoms with Gasteiger partial charge in [-0.1, -0.05) is 0 Å². The molecule has 1 rings (SSSR count). The van der Waals surface area contributed by atoms with Gasteiger partial charge >= 0.3 is 5.97 Å². The highest BCUT2D eigenvalue weighted by molar-refractivity contribution is 5.87. The molecule has 1 saturated heterocycles. The Balaban J connectivity index is 2.55. The molecule has 12 heavy (non-hydrogen) atoms. The van der Waals surface area contributed by atoms with Gasteiger partial charge in [0.15, 0.2) is 0 Å². The molecule has 1 fully saturated rings. The minimum Gasteiger partial charge on any atom is -0.469 e. The van der Waals surface area contributed by atoms with Crippen LogP contribution in [0.4, 0.5) is 0 Å². The van der Waals surface area contributed by atoms with Crippen molar-refractivity contribution >= 4 is 11.8 Å². The Bertz CT molecular complexity index is 202. The molecule has 1 atom stereocenters. The van der Waals surface area contributed by atoms with E-state index in [1.807, 2.05) is 11.9 Å². The maximum absolute atomic E-state index is 11.1. The molecule has 0 N–H and O–H groups in total. The van der Waals surface area contributed by atoms with Crippen LogP contribution in [0.15, 0.2) is 0 Å². The summed E-state index contributed by atoms with van der Waals surface area (Å²) in [6.07, 6.45) is 0.330. The molecule has 1 aliphatic rings. The van der Waals surface area contributed by atoms with Crippen molar-refractivity contribution in [3.05, 3.63) is 0 Å². The van der Waals surface area contributed by atoms with Crippen molar-refractivity contribution < 1.29 is 14.3 Å². The van der Waals surface area contributed by atoms with Crippen molar-refractivity contribution in [1.29, 1.82) is 0 Å². The molecule has 0 aromatic heterocycles. The van der Waals surface area contributed by atoms with Crippen LogP contribution in [0, 0.1) is 5.92 Å². The van der Waals surface area contributed by atoms with Crippen LogP contribution >= 0.6 is 0 Å². The number of carbonyl (C=O) groups is 2. The third kappa shape index (κ3) is 2.04. The molecule has 1 unspecified atom stereocenters. The zero-order valence-electron chi connectivity index (χ0n) is 7.37. The van der Waals surface area contributed by atoms with E-state index in [0.717, 1.165) is 0 Å². The number of methoxy groups -OCH3 is 1. The van der Waals surface area contributed by atoms with Gasteiger partial charge in [-0.2, -0.15) is 0 Å². The number of likely N-dealkylation sites (tertiary alicyclic amines) is 1. The Morgan fingerprint density at radius 2 is 2.33 bits per heavy atom. The second-order valence-corrected chi connectivity index (χ2v) is 3.16. The largest absolute Gasteiger partial charge is 0.469 e. The summed E-state index contributed by atoms with van der Waals surface area (Å²) in [7, 11) is 3.18. The fraction of sp³-hybridized carbons (Fsp3) is 0.750. The van der Waals surface area contributed by atoms with Gasteiger partial charge in [-0.25, -0.2) is 0 Å². The van der Waals surface area contributed by atoms with Gasteiger partial charge in [0.25, 0.3) is 0 Å². The molecule has 1 heterocycles. The van der Waals surface area contributed by atoms with Gasteiger partial charge in [-0.3, -0.25) is 14.5 Å². The highest BCUT2D eigenvalue weighted by atomic mass is 16.5. The predicted molar refractivity (Wildman–Crippen MR) is 42.6 cm³/mol. The molecule has 0 saturated carbocycles. The van der Waals surface area contributed by atoms with Crippen molar-refractivity contribution in [3.63, 3.8) is 0 Å². The number of rotatable bonds is 1. The van der Waals surface area contributed by atoms with Crippen molar-refractivity contribution in [2.75, 3.05) is 27.2 Å². The first-order valence-corrected chi connectivity index (χ1v) is 3.91. The minimum atomic E-state index is -0.282. The van der Waals surface area contributed by atoms with E-state index in [2.05, 4.69) is 4.74 Å². The van der Waals surface area contributed by atoms with Crippen LogP contribution in [0.2, 0.25) is 0 Å². The van der Waals surface area contributed by atoms with Crippen LogP contribution in [-0.4, -0.2) is 43.9 Å². The maximum atomic E-state index is 11.1. The average Bonchev–Trinajstić information content (AvgIpc) is 2.01.